The third-order valence-electron chi connectivity index (χ3n) is 6.43. The molecule has 35 heavy (non-hydrogen) atoms. The number of para-hydroxylation sites is 3. The summed E-state index contributed by atoms with van der Waals surface area (Å²) in [6, 6.07) is 25.4. The van der Waals surface area contributed by atoms with E-state index in [1.165, 1.54) is 0 Å². The van der Waals surface area contributed by atoms with Gasteiger partial charge in [0.1, 0.15) is 12.4 Å². The number of carbonyl (C=O) groups is 2. The molecule has 1 fully saturated rings. The molecule has 1 aliphatic heterocycles. The molecular formula is C28H27BrN4O2. The minimum absolute atomic E-state index is 0.00379. The van der Waals surface area contributed by atoms with Gasteiger partial charge in [0.25, 0.3) is 0 Å². The van der Waals surface area contributed by atoms with Gasteiger partial charge < -0.3 is 14.4 Å². The van der Waals surface area contributed by atoms with Crippen molar-refractivity contribution in [1.29, 1.82) is 0 Å². The Labute approximate surface area is 213 Å². The number of anilines is 2. The number of amides is 2. The molecule has 5 rings (SSSR count). The molecule has 1 aliphatic rings. The molecule has 1 unspecified atom stereocenters. The predicted octanol–water partition coefficient (Wildman–Crippen LogP) is 5.76. The Balaban J connectivity index is 1.49. The Morgan fingerprint density at radius 2 is 1.71 bits per heavy atom. The number of nitrogens with zero attached hydrogens (tertiary/aromatic N) is 4. The molecule has 2 amide bonds. The van der Waals surface area contributed by atoms with Crippen LogP contribution in [0.15, 0.2) is 83.3 Å². The topological polar surface area (TPSA) is 58.4 Å². The van der Waals surface area contributed by atoms with Crippen LogP contribution < -0.4 is 9.80 Å². The SMILES string of the molecule is CC(C)N(C(=O)Cn1c(C2CC(=O)N(c3ccc(Br)cc3)C2)nc2ccccc21)c1ccccc1. The van der Waals surface area contributed by atoms with E-state index in [0.29, 0.717) is 13.0 Å². The van der Waals surface area contributed by atoms with E-state index < -0.39 is 0 Å². The predicted molar refractivity (Wildman–Crippen MR) is 143 cm³/mol. The minimum Gasteiger partial charge on any atom is -0.318 e. The van der Waals surface area contributed by atoms with E-state index in [9.17, 15) is 9.59 Å². The van der Waals surface area contributed by atoms with Gasteiger partial charge in [-0.25, -0.2) is 4.98 Å². The van der Waals surface area contributed by atoms with Gasteiger partial charge in [0.05, 0.1) is 11.0 Å². The number of hydrogen-bond acceptors (Lipinski definition) is 3. The van der Waals surface area contributed by atoms with Crippen LogP contribution in [0.1, 0.15) is 32.0 Å². The van der Waals surface area contributed by atoms with Crippen LogP contribution in [0, 0.1) is 0 Å². The van der Waals surface area contributed by atoms with E-state index in [1.807, 2.05) is 107 Å². The van der Waals surface area contributed by atoms with E-state index in [1.54, 1.807) is 0 Å². The zero-order chi connectivity index (χ0) is 24.5. The Morgan fingerprint density at radius 3 is 2.43 bits per heavy atom. The summed E-state index contributed by atoms with van der Waals surface area (Å²) in [5, 5.41) is 0. The molecule has 1 aromatic heterocycles. The summed E-state index contributed by atoms with van der Waals surface area (Å²) in [4.78, 5) is 35.2. The van der Waals surface area contributed by atoms with Crippen molar-refractivity contribution in [3.05, 3.63) is 89.2 Å². The first-order valence-corrected chi connectivity index (χ1v) is 12.6. The average molecular weight is 531 g/mol. The number of benzene rings is 3. The van der Waals surface area contributed by atoms with E-state index in [2.05, 4.69) is 15.9 Å². The molecule has 1 atom stereocenters. The maximum Gasteiger partial charge on any atom is 0.247 e. The lowest BCUT2D eigenvalue weighted by molar-refractivity contribution is -0.119. The highest BCUT2D eigenvalue weighted by Gasteiger charge is 2.35. The summed E-state index contributed by atoms with van der Waals surface area (Å²) in [7, 11) is 0. The van der Waals surface area contributed by atoms with Gasteiger partial charge >= 0.3 is 0 Å². The van der Waals surface area contributed by atoms with Crippen LogP contribution in [0.4, 0.5) is 11.4 Å². The van der Waals surface area contributed by atoms with Crippen LogP contribution in [0.2, 0.25) is 0 Å². The molecular weight excluding hydrogens is 504 g/mol. The molecule has 2 heterocycles. The second kappa shape index (κ2) is 9.66. The van der Waals surface area contributed by atoms with Crippen LogP contribution in [0.25, 0.3) is 11.0 Å². The van der Waals surface area contributed by atoms with Gasteiger partial charge in [-0.3, -0.25) is 9.59 Å². The van der Waals surface area contributed by atoms with Gasteiger partial charge in [-0.15, -0.1) is 0 Å². The molecule has 3 aromatic carbocycles. The summed E-state index contributed by atoms with van der Waals surface area (Å²) in [5.41, 5.74) is 3.48. The van der Waals surface area contributed by atoms with Crippen LogP contribution in [-0.2, 0) is 16.1 Å². The number of halogens is 1. The molecule has 0 radical (unpaired) electrons. The molecule has 0 N–H and O–H groups in total. The van der Waals surface area contributed by atoms with E-state index >= 15 is 0 Å². The molecule has 6 nitrogen and oxygen atoms in total. The number of rotatable bonds is 6. The largest absolute Gasteiger partial charge is 0.318 e. The fourth-order valence-corrected chi connectivity index (χ4v) is 5.12. The molecule has 1 saturated heterocycles. The molecule has 4 aromatic rings. The van der Waals surface area contributed by atoms with Gasteiger partial charge in [0, 0.05) is 40.8 Å². The average Bonchev–Trinajstić information content (AvgIpc) is 3.41. The highest BCUT2D eigenvalue weighted by atomic mass is 79.9. The van der Waals surface area contributed by atoms with Gasteiger partial charge in [0.15, 0.2) is 0 Å². The zero-order valence-corrected chi connectivity index (χ0v) is 21.4. The van der Waals surface area contributed by atoms with Crippen LogP contribution in [-0.4, -0.2) is 34.0 Å². The fraction of sp³-hybridized carbons (Fsp3) is 0.250. The maximum atomic E-state index is 13.6. The highest BCUT2D eigenvalue weighted by Crippen LogP contribution is 2.34. The number of imidazole rings is 1. The van der Waals surface area contributed by atoms with Crippen LogP contribution in [0.3, 0.4) is 0 Å². The molecule has 7 heteroatoms. The lowest BCUT2D eigenvalue weighted by Gasteiger charge is -2.27. The lowest BCUT2D eigenvalue weighted by Crippen LogP contribution is -2.39. The van der Waals surface area contributed by atoms with Crippen molar-refractivity contribution < 1.29 is 9.59 Å². The number of hydrogen-bond donors (Lipinski definition) is 0. The quantitative estimate of drug-likeness (QED) is 0.318. The maximum absolute atomic E-state index is 13.6. The number of aromatic nitrogens is 2. The van der Waals surface area contributed by atoms with Gasteiger partial charge in [0.2, 0.25) is 11.8 Å². The number of carbonyl (C=O) groups excluding carboxylic acids is 2. The van der Waals surface area contributed by atoms with Crippen molar-refractivity contribution in [3.8, 4) is 0 Å². The van der Waals surface area contributed by atoms with Gasteiger partial charge in [-0.1, -0.05) is 46.3 Å². The van der Waals surface area contributed by atoms with Crippen molar-refractivity contribution in [1.82, 2.24) is 9.55 Å². The summed E-state index contributed by atoms with van der Waals surface area (Å²) in [5.74, 6) is 0.736. The smallest absolute Gasteiger partial charge is 0.247 e. The first-order chi connectivity index (χ1) is 16.9. The Bertz CT molecular complexity index is 1370. The van der Waals surface area contributed by atoms with E-state index in [4.69, 9.17) is 4.98 Å². The van der Waals surface area contributed by atoms with Crippen molar-refractivity contribution in [3.63, 3.8) is 0 Å². The molecule has 0 aliphatic carbocycles. The number of fused-ring (bicyclic) bond motifs is 1. The minimum atomic E-state index is -0.101. The van der Waals surface area contributed by atoms with Gasteiger partial charge in [-0.05, 0) is 62.4 Å². The Kier molecular flexibility index (Phi) is 6.43. The second-order valence-corrected chi connectivity index (χ2v) is 10.0. The third-order valence-corrected chi connectivity index (χ3v) is 6.95. The fourth-order valence-electron chi connectivity index (χ4n) is 4.85. The second-order valence-electron chi connectivity index (χ2n) is 9.12. The highest BCUT2D eigenvalue weighted by molar-refractivity contribution is 9.10. The summed E-state index contributed by atoms with van der Waals surface area (Å²) in [6.07, 6.45) is 0.361. The van der Waals surface area contributed by atoms with Crippen molar-refractivity contribution in [2.75, 3.05) is 16.3 Å². The molecule has 0 saturated carbocycles. The molecule has 178 valence electrons. The molecule has 0 bridgehead atoms. The lowest BCUT2D eigenvalue weighted by atomic mass is 10.1. The normalized spacial score (nSPS) is 15.8. The first kappa shape index (κ1) is 23.3. The monoisotopic (exact) mass is 530 g/mol. The summed E-state index contributed by atoms with van der Waals surface area (Å²) < 4.78 is 2.97. The first-order valence-electron chi connectivity index (χ1n) is 11.8. The van der Waals surface area contributed by atoms with E-state index in [-0.39, 0.29) is 30.3 Å². The van der Waals surface area contributed by atoms with Crippen molar-refractivity contribution >= 4 is 50.2 Å². The standard InChI is InChI=1S/C28H27BrN4O2/c1-19(2)33(23-8-4-3-5-9-23)27(35)18-32-25-11-7-6-10-24(25)30-28(32)20-16-26(34)31(17-20)22-14-12-21(29)13-15-22/h3-15,19-20H,16-18H2,1-2H3. The van der Waals surface area contributed by atoms with Crippen LogP contribution in [0.5, 0.6) is 0 Å². The zero-order valence-electron chi connectivity index (χ0n) is 19.8. The molecule has 0 spiro atoms. The third kappa shape index (κ3) is 4.60. The Morgan fingerprint density at radius 1 is 1.03 bits per heavy atom. The van der Waals surface area contributed by atoms with E-state index in [0.717, 1.165) is 32.7 Å². The van der Waals surface area contributed by atoms with Crippen molar-refractivity contribution in [2.24, 2.45) is 0 Å². The Hall–Kier alpha value is -3.45. The van der Waals surface area contributed by atoms with Gasteiger partial charge in [-0.2, -0.15) is 0 Å². The van der Waals surface area contributed by atoms with Crippen LogP contribution >= 0.6 is 15.9 Å². The summed E-state index contributed by atoms with van der Waals surface area (Å²) in [6.45, 7) is 4.73. The van der Waals surface area contributed by atoms with Crippen molar-refractivity contribution in [2.45, 2.75) is 38.8 Å². The summed E-state index contributed by atoms with van der Waals surface area (Å²) >= 11 is 3.46.